The van der Waals surface area contributed by atoms with Crippen molar-refractivity contribution in [2.24, 2.45) is 0 Å². The Hall–Kier alpha value is -2.13. The molecular weight excluding hydrogens is 270 g/mol. The number of aromatic amines is 1. The molecule has 0 saturated carbocycles. The Morgan fingerprint density at radius 2 is 1.90 bits per heavy atom. The minimum atomic E-state index is 0.697. The number of hydrogen-bond donors (Lipinski definition) is 1. The molecule has 0 saturated heterocycles. The van der Waals surface area contributed by atoms with Crippen LogP contribution in [0.2, 0.25) is 5.02 Å². The van der Waals surface area contributed by atoms with Crippen molar-refractivity contribution in [1.82, 2.24) is 15.0 Å². The van der Waals surface area contributed by atoms with E-state index in [4.69, 9.17) is 11.6 Å². The molecule has 0 amide bonds. The van der Waals surface area contributed by atoms with Gasteiger partial charge in [-0.1, -0.05) is 11.6 Å². The van der Waals surface area contributed by atoms with Gasteiger partial charge in [-0.2, -0.15) is 0 Å². The lowest BCUT2D eigenvalue weighted by Gasteiger charge is -2.09. The highest BCUT2D eigenvalue weighted by Gasteiger charge is 2.15. The van der Waals surface area contributed by atoms with Crippen LogP contribution in [0.25, 0.3) is 32.7 Å². The molecule has 3 aromatic heterocycles. The fourth-order valence-corrected chi connectivity index (χ4v) is 3.35. The lowest BCUT2D eigenvalue weighted by atomic mass is 9.97. The molecule has 0 aliphatic carbocycles. The van der Waals surface area contributed by atoms with Gasteiger partial charge >= 0.3 is 0 Å². The van der Waals surface area contributed by atoms with Crippen molar-refractivity contribution in [2.45, 2.75) is 13.8 Å². The smallest absolute Gasteiger partial charge is 0.138 e. The summed E-state index contributed by atoms with van der Waals surface area (Å²) in [5.74, 6) is 0. The monoisotopic (exact) mass is 281 g/mol. The highest BCUT2D eigenvalue weighted by atomic mass is 35.5. The van der Waals surface area contributed by atoms with Crippen LogP contribution in [0.15, 0.2) is 30.7 Å². The molecule has 1 aromatic carbocycles. The first kappa shape index (κ1) is 11.7. The van der Waals surface area contributed by atoms with Gasteiger partial charge in [-0.05, 0) is 37.1 Å². The highest BCUT2D eigenvalue weighted by molar-refractivity contribution is 6.36. The van der Waals surface area contributed by atoms with Crippen molar-refractivity contribution in [2.75, 3.05) is 0 Å². The second-order valence-electron chi connectivity index (χ2n) is 5.07. The molecule has 4 heteroatoms. The van der Waals surface area contributed by atoms with Gasteiger partial charge < -0.3 is 4.98 Å². The fourth-order valence-electron chi connectivity index (χ4n) is 3.05. The summed E-state index contributed by atoms with van der Waals surface area (Å²) in [7, 11) is 0. The summed E-state index contributed by atoms with van der Waals surface area (Å²) in [6.45, 7) is 4.20. The van der Waals surface area contributed by atoms with Gasteiger partial charge in [-0.25, -0.2) is 4.98 Å². The van der Waals surface area contributed by atoms with Crippen LogP contribution in [0.5, 0.6) is 0 Å². The summed E-state index contributed by atoms with van der Waals surface area (Å²) in [6, 6.07) is 4.05. The van der Waals surface area contributed by atoms with Crippen LogP contribution >= 0.6 is 11.6 Å². The first-order valence-electron chi connectivity index (χ1n) is 6.47. The summed E-state index contributed by atoms with van der Waals surface area (Å²) >= 11 is 6.36. The minimum absolute atomic E-state index is 0.697. The van der Waals surface area contributed by atoms with Gasteiger partial charge in [0.25, 0.3) is 0 Å². The van der Waals surface area contributed by atoms with E-state index in [0.29, 0.717) is 5.02 Å². The van der Waals surface area contributed by atoms with E-state index in [1.807, 2.05) is 12.3 Å². The largest absolute Gasteiger partial charge is 0.339 e. The van der Waals surface area contributed by atoms with Gasteiger partial charge in [0.15, 0.2) is 0 Å². The summed E-state index contributed by atoms with van der Waals surface area (Å²) < 4.78 is 0. The van der Waals surface area contributed by atoms with Gasteiger partial charge in [0, 0.05) is 40.1 Å². The Bertz CT molecular complexity index is 985. The van der Waals surface area contributed by atoms with Crippen LogP contribution in [0, 0.1) is 13.8 Å². The third-order valence-corrected chi connectivity index (χ3v) is 4.29. The molecule has 0 spiro atoms. The van der Waals surface area contributed by atoms with E-state index < -0.39 is 0 Å². The van der Waals surface area contributed by atoms with Crippen molar-refractivity contribution < 1.29 is 0 Å². The topological polar surface area (TPSA) is 41.6 Å². The molecule has 1 N–H and O–H groups in total. The number of aryl methyl sites for hydroxylation is 2. The minimum Gasteiger partial charge on any atom is -0.339 e. The van der Waals surface area contributed by atoms with E-state index >= 15 is 0 Å². The van der Waals surface area contributed by atoms with Crippen molar-refractivity contribution >= 4 is 44.3 Å². The van der Waals surface area contributed by atoms with E-state index in [0.717, 1.165) is 32.9 Å². The molecule has 0 aliphatic heterocycles. The van der Waals surface area contributed by atoms with Crippen LogP contribution in [-0.4, -0.2) is 15.0 Å². The predicted molar refractivity (Wildman–Crippen MR) is 83.4 cm³/mol. The summed E-state index contributed by atoms with van der Waals surface area (Å²) in [5, 5.41) is 5.21. The van der Waals surface area contributed by atoms with E-state index in [9.17, 15) is 0 Å². The molecule has 4 aromatic rings. The fraction of sp³-hybridized carbons (Fsp3) is 0.125. The van der Waals surface area contributed by atoms with E-state index in [-0.39, 0.29) is 0 Å². The number of aromatic nitrogens is 3. The number of halogens is 1. The SMILES string of the molecule is Cc1c2cncc(Cl)c2c(C)c2c1[nH]c1ncccc12. The van der Waals surface area contributed by atoms with E-state index in [1.54, 1.807) is 12.4 Å². The number of nitrogens with zero attached hydrogens (tertiary/aromatic N) is 2. The number of fused-ring (bicyclic) bond motifs is 4. The summed E-state index contributed by atoms with van der Waals surface area (Å²) in [6.07, 6.45) is 5.38. The molecule has 0 unspecified atom stereocenters. The molecule has 0 radical (unpaired) electrons. The molecule has 98 valence electrons. The van der Waals surface area contributed by atoms with Crippen LogP contribution in [-0.2, 0) is 0 Å². The molecular formula is C16H12ClN3. The lowest BCUT2D eigenvalue weighted by molar-refractivity contribution is 1.33. The number of rotatable bonds is 0. The van der Waals surface area contributed by atoms with Crippen LogP contribution in [0.3, 0.4) is 0 Å². The number of pyridine rings is 2. The van der Waals surface area contributed by atoms with Gasteiger partial charge in [-0.15, -0.1) is 0 Å². The van der Waals surface area contributed by atoms with Crippen LogP contribution in [0.1, 0.15) is 11.1 Å². The van der Waals surface area contributed by atoms with Crippen LogP contribution in [0.4, 0.5) is 0 Å². The predicted octanol–water partition coefficient (Wildman–Crippen LogP) is 4.53. The molecule has 4 rings (SSSR count). The molecule has 3 heterocycles. The maximum Gasteiger partial charge on any atom is 0.138 e. The molecule has 0 bridgehead atoms. The zero-order valence-corrected chi connectivity index (χ0v) is 11.9. The highest BCUT2D eigenvalue weighted by Crippen LogP contribution is 2.38. The Morgan fingerprint density at radius 3 is 2.75 bits per heavy atom. The number of nitrogens with one attached hydrogen (secondary N) is 1. The van der Waals surface area contributed by atoms with Crippen molar-refractivity contribution in [1.29, 1.82) is 0 Å². The zero-order chi connectivity index (χ0) is 13.9. The Balaban J connectivity index is 2.40. The van der Waals surface area contributed by atoms with Crippen molar-refractivity contribution in [3.05, 3.63) is 46.9 Å². The third kappa shape index (κ3) is 1.36. The first-order chi connectivity index (χ1) is 9.68. The quantitative estimate of drug-likeness (QED) is 0.514. The average Bonchev–Trinajstić information content (AvgIpc) is 2.84. The van der Waals surface area contributed by atoms with E-state index in [2.05, 4.69) is 34.9 Å². The Labute approximate surface area is 120 Å². The average molecular weight is 282 g/mol. The van der Waals surface area contributed by atoms with Gasteiger partial charge in [0.1, 0.15) is 5.65 Å². The maximum atomic E-state index is 6.36. The Morgan fingerprint density at radius 1 is 1.05 bits per heavy atom. The maximum absolute atomic E-state index is 6.36. The number of hydrogen-bond acceptors (Lipinski definition) is 2. The van der Waals surface area contributed by atoms with E-state index in [1.165, 1.54) is 10.9 Å². The molecule has 0 fully saturated rings. The second-order valence-corrected chi connectivity index (χ2v) is 5.48. The Kier molecular flexibility index (Phi) is 2.30. The first-order valence-corrected chi connectivity index (χ1v) is 6.85. The third-order valence-electron chi connectivity index (χ3n) is 4.00. The molecule has 0 atom stereocenters. The van der Waals surface area contributed by atoms with Crippen molar-refractivity contribution in [3.63, 3.8) is 0 Å². The van der Waals surface area contributed by atoms with Gasteiger partial charge in [-0.3, -0.25) is 4.98 Å². The summed E-state index contributed by atoms with van der Waals surface area (Å²) in [4.78, 5) is 12.0. The molecule has 0 aliphatic rings. The number of H-pyrrole nitrogens is 1. The second kappa shape index (κ2) is 3.93. The zero-order valence-electron chi connectivity index (χ0n) is 11.2. The van der Waals surface area contributed by atoms with Crippen molar-refractivity contribution in [3.8, 4) is 0 Å². The summed E-state index contributed by atoms with van der Waals surface area (Å²) in [5.41, 5.74) is 4.36. The standard InChI is InChI=1S/C16H12ClN3/c1-8-11-6-18-7-12(17)13(11)9(2)14-10-4-3-5-19-16(10)20-15(8)14/h3-7H,1-2H3,(H,19,20). The number of benzene rings is 1. The van der Waals surface area contributed by atoms with Gasteiger partial charge in [0.05, 0.1) is 10.5 Å². The van der Waals surface area contributed by atoms with Crippen LogP contribution < -0.4 is 0 Å². The van der Waals surface area contributed by atoms with Gasteiger partial charge in [0.2, 0.25) is 0 Å². The molecule has 20 heavy (non-hydrogen) atoms. The normalized spacial score (nSPS) is 11.8. The molecule has 3 nitrogen and oxygen atoms in total. The lowest BCUT2D eigenvalue weighted by Crippen LogP contribution is -1.89.